The van der Waals surface area contributed by atoms with Crippen LogP contribution in [0.4, 0.5) is 10.5 Å². The second kappa shape index (κ2) is 37.6. The van der Waals surface area contributed by atoms with Gasteiger partial charge in [0.2, 0.25) is 5.78 Å². The molecule has 0 atom stereocenters. The van der Waals surface area contributed by atoms with E-state index in [4.69, 9.17) is 16.7 Å². The van der Waals surface area contributed by atoms with Crippen molar-refractivity contribution in [3.63, 3.8) is 0 Å². The molecule has 32 nitrogen and oxygen atoms in total. The second-order valence-electron chi connectivity index (χ2n) is 19.4. The number of ether oxygens (including phenoxy) is 4. The number of methoxy groups -OCH3 is 4. The smallest absolute Gasteiger partial charge is 0.417 e. The first-order valence-corrected chi connectivity index (χ1v) is 34.1. The summed E-state index contributed by atoms with van der Waals surface area (Å²) in [5.74, 6) is 0.707. The Balaban J connectivity index is 0.000000574. The van der Waals surface area contributed by atoms with E-state index in [0.717, 1.165) is 62.9 Å². The number of hydrogen-bond donors (Lipinski definition) is 5. The maximum absolute atomic E-state index is 11.4. The lowest BCUT2D eigenvalue weighted by Crippen LogP contribution is -2.32. The maximum Gasteiger partial charge on any atom is 0.417 e. The van der Waals surface area contributed by atoms with E-state index in [-0.39, 0.29) is 51.5 Å². The fourth-order valence-electron chi connectivity index (χ4n) is 6.81. The zero-order valence-corrected chi connectivity index (χ0v) is 56.8. The lowest BCUT2D eigenvalue weighted by molar-refractivity contribution is -0.164. The van der Waals surface area contributed by atoms with Gasteiger partial charge in [-0.25, -0.2) is 76.8 Å². The van der Waals surface area contributed by atoms with Gasteiger partial charge in [-0.1, -0.05) is 0 Å². The number of hydrazine groups is 1. The van der Waals surface area contributed by atoms with Crippen molar-refractivity contribution < 1.29 is 101 Å². The van der Waals surface area contributed by atoms with E-state index in [1.54, 1.807) is 107 Å². The number of nitrogen functional groups attached to an aromatic ring is 1. The summed E-state index contributed by atoms with van der Waals surface area (Å²) in [6.07, 6.45) is 4.26. The van der Waals surface area contributed by atoms with Gasteiger partial charge in [-0.2, -0.15) is 15.3 Å². The van der Waals surface area contributed by atoms with Crippen molar-refractivity contribution in [2.75, 3.05) is 58.9 Å². The van der Waals surface area contributed by atoms with Gasteiger partial charge in [0.1, 0.15) is 11.6 Å². The minimum absolute atomic E-state index is 0.116. The number of hydroxylamine groups is 2. The minimum atomic E-state index is -3.25. The number of nitrogens with two attached hydrogens (primary N) is 2. The van der Waals surface area contributed by atoms with Gasteiger partial charge in [-0.3, -0.25) is 20.6 Å². The Hall–Kier alpha value is -9.85. The average molecular weight is 1390 g/mol. The molecule has 4 aromatic carbocycles. The van der Waals surface area contributed by atoms with E-state index in [0.29, 0.717) is 38.4 Å². The Labute approximate surface area is 543 Å². The highest BCUT2D eigenvalue weighted by Gasteiger charge is 2.18. The fourth-order valence-corrected chi connectivity index (χ4v) is 9.33. The molecule has 7 rings (SSSR count). The van der Waals surface area contributed by atoms with Crippen LogP contribution in [0.5, 0.6) is 0 Å². The van der Waals surface area contributed by atoms with Crippen LogP contribution in [-0.2, 0) is 100 Å². The summed E-state index contributed by atoms with van der Waals surface area (Å²) in [6.45, 7) is 9.51. The molecule has 3 heterocycles. The van der Waals surface area contributed by atoms with Gasteiger partial charge < -0.3 is 40.0 Å². The third-order valence-electron chi connectivity index (χ3n) is 11.2. The van der Waals surface area contributed by atoms with E-state index in [1.807, 2.05) is 6.92 Å². The van der Waals surface area contributed by atoms with Crippen molar-refractivity contribution in [1.29, 1.82) is 0 Å². The van der Waals surface area contributed by atoms with Crippen LogP contribution in [0, 0.1) is 20.8 Å². The predicted molar refractivity (Wildman–Crippen MR) is 338 cm³/mol. The molecule has 94 heavy (non-hydrogen) atoms. The van der Waals surface area contributed by atoms with Crippen molar-refractivity contribution in [1.82, 2.24) is 34.4 Å². The van der Waals surface area contributed by atoms with Gasteiger partial charge in [0.05, 0.1) is 96.0 Å². The number of nitrogens with zero attached hydrogens (tertiary/aromatic N) is 7. The van der Waals surface area contributed by atoms with Gasteiger partial charge in [0.25, 0.3) is 0 Å². The third kappa shape index (κ3) is 28.3. The van der Waals surface area contributed by atoms with Crippen molar-refractivity contribution in [3.05, 3.63) is 149 Å². The minimum Gasteiger partial charge on any atom is -0.464 e. The highest BCUT2D eigenvalue weighted by atomic mass is 32.2. The van der Waals surface area contributed by atoms with Gasteiger partial charge >= 0.3 is 29.9 Å². The lowest BCUT2D eigenvalue weighted by Gasteiger charge is -2.09. The average Bonchev–Trinajstić information content (AvgIpc) is 1.65. The number of nitrogens with one attached hydrogen (secondary N) is 1. The topological polar surface area (TPSA) is 471 Å². The monoisotopic (exact) mass is 1390 g/mol. The largest absolute Gasteiger partial charge is 0.464 e. The Morgan fingerprint density at radius 3 is 1.09 bits per heavy atom. The van der Waals surface area contributed by atoms with Crippen LogP contribution in [0.3, 0.4) is 0 Å². The molecule has 0 aliphatic heterocycles. The molecule has 0 aliphatic rings. The van der Waals surface area contributed by atoms with Crippen molar-refractivity contribution in [2.45, 2.75) is 80.7 Å². The molecule has 0 spiro atoms. The van der Waals surface area contributed by atoms with Gasteiger partial charge in [-0.05, 0) is 157 Å². The molecule has 36 heteroatoms. The molecule has 0 unspecified atom stereocenters. The van der Waals surface area contributed by atoms with Crippen LogP contribution in [0.25, 0.3) is 17.1 Å². The molecule has 2 amide bonds. The molecular weight excluding hydrogens is 1320 g/mol. The summed E-state index contributed by atoms with van der Waals surface area (Å²) in [5.41, 5.74) is 13.8. The number of aryl methyl sites for hydroxylation is 3. The lowest BCUT2D eigenvalue weighted by atomic mass is 10.2. The van der Waals surface area contributed by atoms with Crippen molar-refractivity contribution in [2.24, 2.45) is 11.6 Å². The van der Waals surface area contributed by atoms with Crippen LogP contribution >= 0.6 is 0 Å². The Morgan fingerprint density at radius 2 is 0.809 bits per heavy atom. The number of rotatable bonds is 15. The van der Waals surface area contributed by atoms with Crippen LogP contribution in [-0.4, -0.2) is 179 Å². The molecule has 7 N–H and O–H groups in total. The number of sulfone groups is 4. The molecule has 0 saturated carbocycles. The molecule has 512 valence electrons. The van der Waals surface area contributed by atoms with E-state index in [2.05, 4.69) is 39.7 Å². The standard InChI is InChI=1S/C13H16N4O4S.C13H14N2O4S.C12H14N2O3S.C7H10N2O2S.C6H8O4.C4H6O4.C3H6O/c1-9-7-10(8-16(19)13(14)18)15-17(9)11-3-5-12(6-4-11)22(2,20)21;1-9-8-12(13(16)19-2)14-15(9)10-4-6-11(7-5-10)20(3,17)18;1-9-7-10(8-15)13-14(9)11-3-5-12(6-4-11)18(2,16)17;1-12(10,11)7-4-2-6(9-8)3-5-7;1-4(7)3-5(8)6(9)10-2;1-7-3(5)4(6)8-2;1-3(2)4/h3-7,19H,8H2,1-2H3,(H2,14,18);4-8H,1-3H3;3-7,15H,8H2,1-2H3;2-5,9H,8H2,1H3;3H2,1-2H3;1-2H3;1-2H3. The Morgan fingerprint density at radius 1 is 0.500 bits per heavy atom. The Bertz CT molecular complexity index is 4210. The first-order valence-electron chi connectivity index (χ1n) is 26.5. The summed E-state index contributed by atoms with van der Waals surface area (Å²) in [6, 6.07) is 29.3. The summed E-state index contributed by atoms with van der Waals surface area (Å²) < 4.78 is 112. The molecule has 0 aliphatic carbocycles. The summed E-state index contributed by atoms with van der Waals surface area (Å²) in [4.78, 5) is 83.8. The molecule has 0 fully saturated rings. The normalized spacial score (nSPS) is 10.6. The van der Waals surface area contributed by atoms with Crippen LogP contribution in [0.2, 0.25) is 0 Å². The number of aliphatic hydroxyl groups excluding tert-OH is 1. The molecule has 7 aromatic rings. The number of aliphatic hydroxyl groups is 1. The van der Waals surface area contributed by atoms with E-state index in [1.165, 1.54) is 70.5 Å². The number of benzene rings is 4. The maximum atomic E-state index is 11.4. The van der Waals surface area contributed by atoms with Crippen LogP contribution in [0.15, 0.2) is 135 Å². The van der Waals surface area contributed by atoms with E-state index >= 15 is 0 Å². The summed E-state index contributed by atoms with van der Waals surface area (Å²) in [5, 5.41) is 31.3. The van der Waals surface area contributed by atoms with E-state index in [9.17, 15) is 77.2 Å². The number of ketones is 3. The highest BCUT2D eigenvalue weighted by Crippen LogP contribution is 2.20. The second-order valence-corrected chi connectivity index (χ2v) is 27.5. The highest BCUT2D eigenvalue weighted by molar-refractivity contribution is 7.91. The van der Waals surface area contributed by atoms with Crippen molar-refractivity contribution >= 4 is 92.3 Å². The quantitative estimate of drug-likeness (QED) is 0.0187. The molecule has 3 aromatic heterocycles. The van der Waals surface area contributed by atoms with E-state index < -0.39 is 75.0 Å². The van der Waals surface area contributed by atoms with Crippen LogP contribution < -0.4 is 17.0 Å². The summed E-state index contributed by atoms with van der Waals surface area (Å²) in [7, 11) is -8.15. The van der Waals surface area contributed by atoms with Crippen molar-refractivity contribution in [3.8, 4) is 17.1 Å². The zero-order chi connectivity index (χ0) is 72.2. The number of Topliss-reactive ketones (excluding diaryl/α,β-unsaturated/α-hetero) is 3. The first kappa shape index (κ1) is 82.2. The molecule has 0 bridgehead atoms. The molecule has 0 saturated heterocycles. The van der Waals surface area contributed by atoms with Gasteiger partial charge in [0.15, 0.2) is 45.0 Å². The number of urea groups is 1. The zero-order valence-electron chi connectivity index (χ0n) is 53.6. The Kier molecular flexibility index (Phi) is 32.9. The van der Waals surface area contributed by atoms with Crippen LogP contribution in [0.1, 0.15) is 66.2 Å². The summed E-state index contributed by atoms with van der Waals surface area (Å²) >= 11 is 0. The number of carbonyl (C=O) groups is 8. The third-order valence-corrected chi connectivity index (χ3v) is 15.7. The SMILES string of the molecule is CC(C)=O.COC(=O)C(=O)CC(C)=O.COC(=O)C(=O)OC.COC(=O)c1cc(C)n(-c2ccc(S(C)(=O)=O)cc2)n1.CS(=O)(=O)c1ccc(NN)cc1.Cc1cc(CN(O)C(N)=O)nn1-c1ccc(S(C)(=O)=O)cc1.Cc1cc(CO)nn1-c1ccc(S(C)(=O)=O)cc1. The number of anilines is 1. The number of amides is 2. The predicted octanol–water partition coefficient (Wildman–Crippen LogP) is 3.31. The van der Waals surface area contributed by atoms with Gasteiger partial charge in [-0.15, -0.1) is 0 Å². The molecular formula is C58H74N10O22S4. The number of hydrogen-bond acceptors (Lipinski definition) is 27. The fraction of sp³-hybridized carbons (Fsp3) is 0.293. The number of esters is 4. The number of primary amides is 1. The molecule has 0 radical (unpaired) electrons. The number of carbonyl (C=O) groups excluding carboxylic acids is 8. The number of aromatic nitrogens is 6. The first-order chi connectivity index (χ1) is 43.5. The van der Waals surface area contributed by atoms with Gasteiger partial charge in [0, 0.05) is 47.8 Å².